The second-order valence-corrected chi connectivity index (χ2v) is 8.07. The summed E-state index contributed by atoms with van der Waals surface area (Å²) in [6.07, 6.45) is 0. The molecule has 0 spiro atoms. The highest BCUT2D eigenvalue weighted by Gasteiger charge is 2.11. The molecule has 0 radical (unpaired) electrons. The van der Waals surface area contributed by atoms with Crippen molar-refractivity contribution >= 4 is 28.8 Å². The smallest absolute Gasteiger partial charge is 0.257 e. The molecule has 0 atom stereocenters. The minimum absolute atomic E-state index is 0.0354. The molecular formula is C22H25N3O3S. The van der Waals surface area contributed by atoms with Crippen molar-refractivity contribution in [2.24, 2.45) is 0 Å². The predicted molar refractivity (Wildman–Crippen MR) is 114 cm³/mol. The summed E-state index contributed by atoms with van der Waals surface area (Å²) in [4.78, 5) is 19.1. The maximum Gasteiger partial charge on any atom is 0.257 e. The van der Waals surface area contributed by atoms with Gasteiger partial charge in [0, 0.05) is 37.5 Å². The number of aromatic nitrogens is 1. The van der Waals surface area contributed by atoms with Gasteiger partial charge in [-0.05, 0) is 42.3 Å². The highest BCUT2D eigenvalue weighted by molar-refractivity contribution is 7.98. The molecule has 7 heteroatoms. The molecule has 1 aromatic heterocycles. The number of carbonyl (C=O) groups is 1. The number of morpholine rings is 1. The van der Waals surface area contributed by atoms with Crippen molar-refractivity contribution in [2.45, 2.75) is 17.9 Å². The van der Waals surface area contributed by atoms with Crippen LogP contribution in [-0.2, 0) is 10.5 Å². The van der Waals surface area contributed by atoms with Crippen molar-refractivity contribution in [3.05, 3.63) is 59.2 Å². The lowest BCUT2D eigenvalue weighted by atomic mass is 10.1. The van der Waals surface area contributed by atoms with Gasteiger partial charge in [-0.25, -0.2) is 4.98 Å². The number of fused-ring (bicyclic) bond motifs is 1. The number of hydrogen-bond donors (Lipinski definition) is 1. The van der Waals surface area contributed by atoms with Crippen LogP contribution in [0.25, 0.3) is 11.1 Å². The summed E-state index contributed by atoms with van der Waals surface area (Å²) in [6, 6.07) is 13.7. The van der Waals surface area contributed by atoms with Crippen molar-refractivity contribution in [3.8, 4) is 0 Å². The number of aryl methyl sites for hydroxylation is 1. The van der Waals surface area contributed by atoms with Gasteiger partial charge in [0.05, 0.1) is 13.2 Å². The van der Waals surface area contributed by atoms with Gasteiger partial charge in [0.15, 0.2) is 5.58 Å². The molecule has 1 amide bonds. The van der Waals surface area contributed by atoms with Crippen LogP contribution in [-0.4, -0.2) is 55.2 Å². The molecule has 1 saturated heterocycles. The minimum Gasteiger partial charge on any atom is -0.431 e. The Morgan fingerprint density at radius 3 is 2.76 bits per heavy atom. The maximum absolute atomic E-state index is 12.3. The van der Waals surface area contributed by atoms with Gasteiger partial charge < -0.3 is 14.5 Å². The molecule has 4 rings (SSSR count). The number of hydrogen-bond acceptors (Lipinski definition) is 6. The van der Waals surface area contributed by atoms with Gasteiger partial charge in [-0.15, -0.1) is 0 Å². The Hall–Kier alpha value is -2.35. The van der Waals surface area contributed by atoms with Crippen LogP contribution in [0.5, 0.6) is 0 Å². The number of rotatable bonds is 7. The topological polar surface area (TPSA) is 67.6 Å². The molecule has 1 aliphatic heterocycles. The highest BCUT2D eigenvalue weighted by atomic mass is 32.2. The van der Waals surface area contributed by atoms with Gasteiger partial charge >= 0.3 is 0 Å². The van der Waals surface area contributed by atoms with Gasteiger partial charge in [-0.1, -0.05) is 30.0 Å². The maximum atomic E-state index is 12.3. The summed E-state index contributed by atoms with van der Waals surface area (Å²) in [5, 5.41) is 3.65. The fourth-order valence-electron chi connectivity index (χ4n) is 3.23. The van der Waals surface area contributed by atoms with E-state index in [0.717, 1.165) is 55.3 Å². The van der Waals surface area contributed by atoms with Gasteiger partial charge in [0.1, 0.15) is 5.52 Å². The van der Waals surface area contributed by atoms with Gasteiger partial charge in [0.2, 0.25) is 0 Å². The zero-order valence-corrected chi connectivity index (χ0v) is 17.3. The lowest BCUT2D eigenvalue weighted by Crippen LogP contribution is -2.41. The number of nitrogens with zero attached hydrogens (tertiary/aromatic N) is 2. The van der Waals surface area contributed by atoms with Crippen molar-refractivity contribution in [1.82, 2.24) is 15.2 Å². The number of carbonyl (C=O) groups excluding carboxylic acids is 1. The minimum atomic E-state index is -0.0354. The summed E-state index contributed by atoms with van der Waals surface area (Å²) in [7, 11) is 0. The molecule has 1 fully saturated rings. The van der Waals surface area contributed by atoms with E-state index in [1.54, 1.807) is 11.8 Å². The molecule has 0 bridgehead atoms. The first-order valence-corrected chi connectivity index (χ1v) is 10.8. The second kappa shape index (κ2) is 9.43. The summed E-state index contributed by atoms with van der Waals surface area (Å²) in [5.74, 6) is 0.705. The van der Waals surface area contributed by atoms with Crippen LogP contribution in [0.3, 0.4) is 0 Å². The number of amides is 1. The molecule has 2 aromatic carbocycles. The molecule has 2 heterocycles. The van der Waals surface area contributed by atoms with Crippen LogP contribution < -0.4 is 5.32 Å². The Kier molecular flexibility index (Phi) is 6.49. The van der Waals surface area contributed by atoms with E-state index in [1.165, 1.54) is 5.56 Å². The number of benzene rings is 2. The van der Waals surface area contributed by atoms with Crippen LogP contribution >= 0.6 is 11.8 Å². The summed E-state index contributed by atoms with van der Waals surface area (Å²) in [5.41, 5.74) is 4.66. The van der Waals surface area contributed by atoms with Crippen LogP contribution in [0.15, 0.2) is 52.1 Å². The summed E-state index contributed by atoms with van der Waals surface area (Å²) >= 11 is 1.55. The number of thioether (sulfide) groups is 1. The van der Waals surface area contributed by atoms with E-state index >= 15 is 0 Å². The molecule has 6 nitrogen and oxygen atoms in total. The molecule has 1 N–H and O–H groups in total. The number of nitrogens with one attached hydrogen (secondary N) is 1. The quantitative estimate of drug-likeness (QED) is 0.601. The van der Waals surface area contributed by atoms with E-state index in [9.17, 15) is 4.79 Å². The Labute approximate surface area is 174 Å². The van der Waals surface area contributed by atoms with Crippen LogP contribution in [0.1, 0.15) is 21.5 Å². The third-order valence-electron chi connectivity index (χ3n) is 4.92. The standard InChI is InChI=1S/C22H25N3O3S/c1-16-2-7-20-19(14-16)24-22(28-20)29-15-17-3-5-18(6-4-17)21(26)23-8-9-25-10-12-27-13-11-25/h2-7,14H,8-13,15H2,1H3,(H,23,26). The van der Waals surface area contributed by atoms with Crippen LogP contribution in [0, 0.1) is 6.92 Å². The van der Waals surface area contributed by atoms with E-state index in [4.69, 9.17) is 9.15 Å². The molecule has 0 saturated carbocycles. The molecule has 0 unspecified atom stereocenters. The lowest BCUT2D eigenvalue weighted by Gasteiger charge is -2.26. The Bertz CT molecular complexity index is 965. The van der Waals surface area contributed by atoms with Crippen LogP contribution in [0.4, 0.5) is 0 Å². The molecular weight excluding hydrogens is 386 g/mol. The van der Waals surface area contributed by atoms with Gasteiger partial charge in [0.25, 0.3) is 11.1 Å². The van der Waals surface area contributed by atoms with E-state index in [1.807, 2.05) is 49.4 Å². The van der Waals surface area contributed by atoms with Gasteiger partial charge in [-0.2, -0.15) is 0 Å². The Balaban J connectivity index is 1.26. The van der Waals surface area contributed by atoms with E-state index in [-0.39, 0.29) is 5.91 Å². The van der Waals surface area contributed by atoms with Crippen molar-refractivity contribution in [3.63, 3.8) is 0 Å². The fraction of sp³-hybridized carbons (Fsp3) is 0.364. The van der Waals surface area contributed by atoms with Crippen LogP contribution in [0.2, 0.25) is 0 Å². The third kappa shape index (κ3) is 5.38. The zero-order chi connectivity index (χ0) is 20.1. The normalized spacial score (nSPS) is 14.9. The molecule has 29 heavy (non-hydrogen) atoms. The first kappa shape index (κ1) is 19.9. The zero-order valence-electron chi connectivity index (χ0n) is 16.5. The SMILES string of the molecule is Cc1ccc2oc(SCc3ccc(C(=O)NCCN4CCOCC4)cc3)nc2c1. The predicted octanol–water partition coefficient (Wildman–Crippen LogP) is 3.49. The van der Waals surface area contributed by atoms with Crippen molar-refractivity contribution in [2.75, 3.05) is 39.4 Å². The Morgan fingerprint density at radius 1 is 1.17 bits per heavy atom. The van der Waals surface area contributed by atoms with Crippen molar-refractivity contribution < 1.29 is 13.9 Å². The van der Waals surface area contributed by atoms with E-state index in [2.05, 4.69) is 15.2 Å². The monoisotopic (exact) mass is 411 g/mol. The second-order valence-electron chi connectivity index (χ2n) is 7.15. The van der Waals surface area contributed by atoms with E-state index in [0.29, 0.717) is 17.3 Å². The number of oxazole rings is 1. The average molecular weight is 412 g/mol. The third-order valence-corrected chi connectivity index (χ3v) is 5.82. The first-order chi connectivity index (χ1) is 14.2. The number of ether oxygens (including phenoxy) is 1. The fourth-order valence-corrected chi connectivity index (χ4v) is 4.02. The molecule has 0 aliphatic carbocycles. The molecule has 152 valence electrons. The summed E-state index contributed by atoms with van der Waals surface area (Å²) < 4.78 is 11.1. The highest BCUT2D eigenvalue weighted by Crippen LogP contribution is 2.26. The summed E-state index contributed by atoms with van der Waals surface area (Å²) in [6.45, 7) is 6.96. The average Bonchev–Trinajstić information content (AvgIpc) is 3.15. The molecule has 1 aliphatic rings. The van der Waals surface area contributed by atoms with Crippen molar-refractivity contribution in [1.29, 1.82) is 0 Å². The Morgan fingerprint density at radius 2 is 1.97 bits per heavy atom. The largest absolute Gasteiger partial charge is 0.431 e. The first-order valence-electron chi connectivity index (χ1n) is 9.84. The molecule has 3 aromatic rings. The van der Waals surface area contributed by atoms with E-state index < -0.39 is 0 Å². The lowest BCUT2D eigenvalue weighted by molar-refractivity contribution is 0.0383. The van der Waals surface area contributed by atoms with Gasteiger partial charge in [-0.3, -0.25) is 9.69 Å².